The van der Waals surface area contributed by atoms with Crippen LogP contribution in [0.2, 0.25) is 0 Å². The van der Waals surface area contributed by atoms with Crippen molar-refractivity contribution >= 4 is 5.82 Å². The Hall–Kier alpha value is -2.86. The smallest absolute Gasteiger partial charge is 0.162 e. The molecule has 3 heterocycles. The van der Waals surface area contributed by atoms with E-state index in [2.05, 4.69) is 20.2 Å². The van der Waals surface area contributed by atoms with Gasteiger partial charge in [-0.05, 0) is 24.3 Å². The van der Waals surface area contributed by atoms with Gasteiger partial charge in [0.25, 0.3) is 0 Å². The van der Waals surface area contributed by atoms with E-state index in [1.54, 1.807) is 18.5 Å². The summed E-state index contributed by atoms with van der Waals surface area (Å²) in [6.07, 6.45) is 3.48. The molecule has 0 unspecified atom stereocenters. The maximum Gasteiger partial charge on any atom is 0.162 e. The van der Waals surface area contributed by atoms with E-state index in [9.17, 15) is 4.39 Å². The number of aromatic nitrogens is 3. The Morgan fingerprint density at radius 3 is 2.48 bits per heavy atom. The van der Waals surface area contributed by atoms with Gasteiger partial charge in [-0.15, -0.1) is 0 Å². The van der Waals surface area contributed by atoms with Gasteiger partial charge in [-0.25, -0.2) is 14.4 Å². The number of hydrogen-bond acceptors (Lipinski definition) is 5. The third-order valence-electron chi connectivity index (χ3n) is 4.21. The molecule has 1 aromatic carbocycles. The first-order chi connectivity index (χ1) is 12.3. The molecule has 0 spiro atoms. The second-order valence-electron chi connectivity index (χ2n) is 5.92. The molecule has 0 amide bonds. The number of anilines is 1. The van der Waals surface area contributed by atoms with Crippen molar-refractivity contribution in [3.8, 4) is 22.6 Å². The summed E-state index contributed by atoms with van der Waals surface area (Å²) in [5.41, 5.74) is 2.45. The monoisotopic (exact) mass is 335 g/mol. The van der Waals surface area contributed by atoms with Gasteiger partial charge in [0.1, 0.15) is 11.6 Å². The standard InChI is InChI=1S/C19H18FN5/c20-16-3-1-2-15(12-16)19-23-17(14-4-6-21-7-5-14)13-18(24-19)25-10-8-22-9-11-25/h1-7,12-13,22H,8-11H2. The lowest BCUT2D eigenvalue weighted by molar-refractivity contribution is 0.585. The quantitative estimate of drug-likeness (QED) is 0.798. The van der Waals surface area contributed by atoms with E-state index in [0.717, 1.165) is 43.3 Å². The topological polar surface area (TPSA) is 53.9 Å². The number of piperazine rings is 1. The van der Waals surface area contributed by atoms with Crippen LogP contribution in [0.25, 0.3) is 22.6 Å². The van der Waals surface area contributed by atoms with Crippen molar-refractivity contribution in [2.24, 2.45) is 0 Å². The second kappa shape index (κ2) is 6.94. The summed E-state index contributed by atoms with van der Waals surface area (Å²) >= 11 is 0. The molecule has 0 atom stereocenters. The maximum absolute atomic E-state index is 13.6. The number of nitrogens with zero attached hydrogens (tertiary/aromatic N) is 4. The van der Waals surface area contributed by atoms with Gasteiger partial charge in [-0.1, -0.05) is 12.1 Å². The minimum Gasteiger partial charge on any atom is -0.354 e. The van der Waals surface area contributed by atoms with Crippen LogP contribution in [0.1, 0.15) is 0 Å². The zero-order valence-corrected chi connectivity index (χ0v) is 13.7. The van der Waals surface area contributed by atoms with Crippen LogP contribution in [0.5, 0.6) is 0 Å². The van der Waals surface area contributed by atoms with E-state index >= 15 is 0 Å². The van der Waals surface area contributed by atoms with Crippen LogP contribution in [0.3, 0.4) is 0 Å². The first kappa shape index (κ1) is 15.7. The summed E-state index contributed by atoms with van der Waals surface area (Å²) in [6.45, 7) is 3.61. The number of hydrogen-bond donors (Lipinski definition) is 1. The fraction of sp³-hybridized carbons (Fsp3) is 0.211. The maximum atomic E-state index is 13.6. The average molecular weight is 335 g/mol. The van der Waals surface area contributed by atoms with Crippen LogP contribution >= 0.6 is 0 Å². The first-order valence-electron chi connectivity index (χ1n) is 8.31. The molecule has 5 nitrogen and oxygen atoms in total. The zero-order chi connectivity index (χ0) is 17.1. The average Bonchev–Trinajstić information content (AvgIpc) is 2.69. The summed E-state index contributed by atoms with van der Waals surface area (Å²) in [6, 6.07) is 12.2. The second-order valence-corrected chi connectivity index (χ2v) is 5.92. The van der Waals surface area contributed by atoms with Gasteiger partial charge in [-0.3, -0.25) is 4.98 Å². The Balaban J connectivity index is 1.82. The Labute approximate surface area is 145 Å². The van der Waals surface area contributed by atoms with Gasteiger partial charge in [0.2, 0.25) is 0 Å². The van der Waals surface area contributed by atoms with Crippen LogP contribution in [-0.4, -0.2) is 41.1 Å². The molecule has 3 aromatic rings. The van der Waals surface area contributed by atoms with Crippen LogP contribution in [0.4, 0.5) is 10.2 Å². The van der Waals surface area contributed by atoms with Crippen molar-refractivity contribution in [2.75, 3.05) is 31.1 Å². The van der Waals surface area contributed by atoms with Gasteiger partial charge < -0.3 is 10.2 Å². The molecule has 1 aliphatic heterocycles. The molecule has 1 saturated heterocycles. The van der Waals surface area contributed by atoms with Crippen LogP contribution in [0.15, 0.2) is 54.9 Å². The lowest BCUT2D eigenvalue weighted by Gasteiger charge is -2.29. The van der Waals surface area contributed by atoms with Gasteiger partial charge in [0.05, 0.1) is 5.69 Å². The Morgan fingerprint density at radius 1 is 0.920 bits per heavy atom. The van der Waals surface area contributed by atoms with Crippen molar-refractivity contribution < 1.29 is 4.39 Å². The SMILES string of the molecule is Fc1cccc(-c2nc(-c3ccncc3)cc(N3CCNCC3)n2)c1. The van der Waals surface area contributed by atoms with E-state index in [-0.39, 0.29) is 5.82 Å². The highest BCUT2D eigenvalue weighted by Crippen LogP contribution is 2.26. The molecule has 6 heteroatoms. The predicted molar refractivity (Wildman–Crippen MR) is 95.7 cm³/mol. The Bertz CT molecular complexity index is 863. The van der Waals surface area contributed by atoms with Crippen LogP contribution < -0.4 is 10.2 Å². The van der Waals surface area contributed by atoms with Gasteiger partial charge in [0, 0.05) is 55.8 Å². The van der Waals surface area contributed by atoms with Crippen molar-refractivity contribution in [3.05, 3.63) is 60.7 Å². The van der Waals surface area contributed by atoms with Crippen molar-refractivity contribution in [1.29, 1.82) is 0 Å². The molecule has 0 aliphatic carbocycles. The zero-order valence-electron chi connectivity index (χ0n) is 13.7. The number of nitrogens with one attached hydrogen (secondary N) is 1. The highest BCUT2D eigenvalue weighted by Gasteiger charge is 2.16. The number of rotatable bonds is 3. The molecule has 2 aromatic heterocycles. The number of pyridine rings is 1. The molecule has 0 bridgehead atoms. The lowest BCUT2D eigenvalue weighted by Crippen LogP contribution is -2.44. The van der Waals surface area contributed by atoms with E-state index in [1.807, 2.05) is 24.3 Å². The molecule has 1 N–H and O–H groups in total. The van der Waals surface area contributed by atoms with Gasteiger partial charge in [-0.2, -0.15) is 0 Å². The van der Waals surface area contributed by atoms with Crippen molar-refractivity contribution in [3.63, 3.8) is 0 Å². The largest absolute Gasteiger partial charge is 0.354 e. The lowest BCUT2D eigenvalue weighted by atomic mass is 10.1. The fourth-order valence-electron chi connectivity index (χ4n) is 2.92. The molecule has 4 rings (SSSR count). The molecule has 1 fully saturated rings. The van der Waals surface area contributed by atoms with E-state index in [1.165, 1.54) is 12.1 Å². The van der Waals surface area contributed by atoms with Crippen molar-refractivity contribution in [1.82, 2.24) is 20.3 Å². The van der Waals surface area contributed by atoms with Crippen LogP contribution in [0, 0.1) is 5.82 Å². The molecule has 0 radical (unpaired) electrons. The molecule has 0 saturated carbocycles. The number of benzene rings is 1. The van der Waals surface area contributed by atoms with E-state index in [4.69, 9.17) is 4.98 Å². The third kappa shape index (κ3) is 3.49. The van der Waals surface area contributed by atoms with Crippen LogP contribution in [-0.2, 0) is 0 Å². The minimum atomic E-state index is -0.292. The Morgan fingerprint density at radius 2 is 1.72 bits per heavy atom. The van der Waals surface area contributed by atoms with Gasteiger partial charge >= 0.3 is 0 Å². The predicted octanol–water partition coefficient (Wildman–Crippen LogP) is 2.75. The van der Waals surface area contributed by atoms with E-state index < -0.39 is 0 Å². The summed E-state index contributed by atoms with van der Waals surface area (Å²) in [7, 11) is 0. The fourth-order valence-corrected chi connectivity index (χ4v) is 2.92. The first-order valence-corrected chi connectivity index (χ1v) is 8.31. The summed E-state index contributed by atoms with van der Waals surface area (Å²) in [5, 5.41) is 3.34. The minimum absolute atomic E-state index is 0.292. The highest BCUT2D eigenvalue weighted by atomic mass is 19.1. The van der Waals surface area contributed by atoms with E-state index in [0.29, 0.717) is 11.4 Å². The molecule has 126 valence electrons. The molecule has 25 heavy (non-hydrogen) atoms. The molecular formula is C19H18FN5. The third-order valence-corrected chi connectivity index (χ3v) is 4.21. The summed E-state index contributed by atoms with van der Waals surface area (Å²) in [5.74, 6) is 1.10. The normalized spacial score (nSPS) is 14.5. The highest BCUT2D eigenvalue weighted by molar-refractivity contribution is 5.67. The summed E-state index contributed by atoms with van der Waals surface area (Å²) < 4.78 is 13.6. The summed E-state index contributed by atoms with van der Waals surface area (Å²) in [4.78, 5) is 15.7. The molecule has 1 aliphatic rings. The Kier molecular flexibility index (Phi) is 4.35. The van der Waals surface area contributed by atoms with Crippen molar-refractivity contribution in [2.45, 2.75) is 0 Å². The molecular weight excluding hydrogens is 317 g/mol. The van der Waals surface area contributed by atoms with Gasteiger partial charge in [0.15, 0.2) is 5.82 Å². The number of halogens is 1.